The van der Waals surface area contributed by atoms with Crippen molar-refractivity contribution in [2.75, 3.05) is 0 Å². The van der Waals surface area contributed by atoms with E-state index in [1.165, 1.54) is 36.8 Å². The van der Waals surface area contributed by atoms with Crippen molar-refractivity contribution in [3.63, 3.8) is 0 Å². The molecule has 0 aliphatic rings. The van der Waals surface area contributed by atoms with E-state index in [-0.39, 0.29) is 17.1 Å². The summed E-state index contributed by atoms with van der Waals surface area (Å²) in [6.07, 6.45) is 5.84. The highest BCUT2D eigenvalue weighted by molar-refractivity contribution is 7.92. The van der Waals surface area contributed by atoms with Gasteiger partial charge in [-0.05, 0) is 42.3 Å². The number of rotatable bonds is 6. The van der Waals surface area contributed by atoms with Crippen LogP contribution in [0.25, 0.3) is 21.3 Å². The largest absolute Gasteiger partial charge is 0.481 e. The Morgan fingerprint density at radius 3 is 2.66 bits per heavy atom. The topological polar surface area (TPSA) is 102 Å². The molecule has 0 aliphatic heterocycles. The van der Waals surface area contributed by atoms with Crippen LogP contribution in [-0.2, 0) is 21.2 Å². The average molecular weight is 431 g/mol. The molecule has 4 aromatic rings. The predicted molar refractivity (Wildman–Crippen MR) is 106 cm³/mol. The first-order valence-corrected chi connectivity index (χ1v) is 10.7. The van der Waals surface area contributed by atoms with Gasteiger partial charge >= 0.3 is 5.97 Å². The van der Waals surface area contributed by atoms with Crippen molar-refractivity contribution >= 4 is 38.2 Å². The zero-order chi connectivity index (χ0) is 20.6. The molecule has 0 saturated heterocycles. The molecule has 0 atom stereocenters. The molecule has 0 bridgehead atoms. The Kier molecular flexibility index (Phi) is 4.89. The first-order chi connectivity index (χ1) is 13.9. The van der Waals surface area contributed by atoms with Gasteiger partial charge < -0.3 is 5.11 Å². The minimum Gasteiger partial charge on any atom is -0.481 e. The summed E-state index contributed by atoms with van der Waals surface area (Å²) < 4.78 is 41.5. The second-order valence-electron chi connectivity index (χ2n) is 6.26. The summed E-state index contributed by atoms with van der Waals surface area (Å²) in [4.78, 5) is 19.5. The van der Waals surface area contributed by atoms with Gasteiger partial charge in [0.05, 0.1) is 5.52 Å². The smallest absolute Gasteiger partial charge is 0.303 e. The number of fused-ring (bicyclic) bond motifs is 1. The first kappa shape index (κ1) is 19.2. The highest BCUT2D eigenvalue weighted by atomic mass is 32.2. The van der Waals surface area contributed by atoms with E-state index in [9.17, 15) is 17.6 Å². The molecule has 0 unspecified atom stereocenters. The quantitative estimate of drug-likeness (QED) is 0.501. The maximum Gasteiger partial charge on any atom is 0.303 e. The number of aromatic nitrogens is 3. The Labute approximate surface area is 169 Å². The number of hydrogen-bond acceptors (Lipinski definition) is 6. The summed E-state index contributed by atoms with van der Waals surface area (Å²) in [7, 11) is -3.96. The third kappa shape index (κ3) is 3.64. The van der Waals surface area contributed by atoms with Gasteiger partial charge in [-0.1, -0.05) is 0 Å². The Bertz CT molecular complexity index is 1310. The van der Waals surface area contributed by atoms with Gasteiger partial charge in [-0.2, -0.15) is 8.42 Å². The molecular formula is C19H14FN3O4S2. The lowest BCUT2D eigenvalue weighted by Crippen LogP contribution is -2.10. The SMILES string of the molecule is O=C(O)CCc1cn(S(=O)(=O)c2ccc(-c3cncnc3)s2)c2ccc(F)cc12. The Balaban J connectivity index is 1.81. The van der Waals surface area contributed by atoms with Gasteiger partial charge in [-0.3, -0.25) is 4.79 Å². The van der Waals surface area contributed by atoms with Crippen molar-refractivity contribution in [2.24, 2.45) is 0 Å². The average Bonchev–Trinajstić information content (AvgIpc) is 3.33. The van der Waals surface area contributed by atoms with Crippen molar-refractivity contribution in [3.8, 4) is 10.4 Å². The summed E-state index contributed by atoms with van der Waals surface area (Å²) in [6, 6.07) is 6.95. The molecule has 1 N–H and O–H groups in total. The number of carbonyl (C=O) groups is 1. The summed E-state index contributed by atoms with van der Waals surface area (Å²) >= 11 is 1.07. The fourth-order valence-corrected chi connectivity index (χ4v) is 5.78. The van der Waals surface area contributed by atoms with Crippen LogP contribution < -0.4 is 0 Å². The molecule has 0 fully saturated rings. The number of carboxylic acids is 1. The van der Waals surface area contributed by atoms with Crippen molar-refractivity contribution in [1.82, 2.24) is 13.9 Å². The fourth-order valence-electron chi connectivity index (χ4n) is 3.02. The van der Waals surface area contributed by atoms with Crippen LogP contribution in [-0.4, -0.2) is 33.4 Å². The van der Waals surface area contributed by atoms with Crippen LogP contribution in [0.1, 0.15) is 12.0 Å². The summed E-state index contributed by atoms with van der Waals surface area (Å²) in [5.41, 5.74) is 1.45. The molecule has 148 valence electrons. The van der Waals surface area contributed by atoms with Crippen LogP contribution in [0.3, 0.4) is 0 Å². The number of benzene rings is 1. The van der Waals surface area contributed by atoms with Crippen molar-refractivity contribution in [1.29, 1.82) is 0 Å². The lowest BCUT2D eigenvalue weighted by molar-refractivity contribution is -0.136. The van der Waals surface area contributed by atoms with E-state index in [1.807, 2.05) is 0 Å². The van der Waals surface area contributed by atoms with Crippen molar-refractivity contribution in [3.05, 3.63) is 66.6 Å². The summed E-state index contributed by atoms with van der Waals surface area (Å²) in [5, 5.41) is 9.33. The molecule has 1 aromatic carbocycles. The highest BCUT2D eigenvalue weighted by Crippen LogP contribution is 2.33. The van der Waals surface area contributed by atoms with E-state index in [1.54, 1.807) is 18.5 Å². The maximum atomic E-state index is 13.8. The number of thiophene rings is 1. The molecule has 4 rings (SSSR count). The lowest BCUT2D eigenvalue weighted by Gasteiger charge is -2.05. The highest BCUT2D eigenvalue weighted by Gasteiger charge is 2.24. The number of hydrogen-bond donors (Lipinski definition) is 1. The predicted octanol–water partition coefficient (Wildman–Crippen LogP) is 3.55. The third-order valence-electron chi connectivity index (χ3n) is 4.36. The Morgan fingerprint density at radius 1 is 1.17 bits per heavy atom. The minimum absolute atomic E-state index is 0.0921. The van der Waals surface area contributed by atoms with E-state index < -0.39 is 21.8 Å². The van der Waals surface area contributed by atoms with Gasteiger partial charge in [0.2, 0.25) is 0 Å². The second kappa shape index (κ2) is 7.37. The molecule has 3 aromatic heterocycles. The first-order valence-electron chi connectivity index (χ1n) is 8.48. The number of carboxylic acid groups (broad SMARTS) is 1. The van der Waals surface area contributed by atoms with E-state index >= 15 is 0 Å². The molecule has 0 saturated carbocycles. The summed E-state index contributed by atoms with van der Waals surface area (Å²) in [5.74, 6) is -1.54. The lowest BCUT2D eigenvalue weighted by atomic mass is 10.1. The van der Waals surface area contributed by atoms with Crippen LogP contribution in [0.5, 0.6) is 0 Å². The van der Waals surface area contributed by atoms with Crippen molar-refractivity contribution in [2.45, 2.75) is 17.1 Å². The van der Waals surface area contributed by atoms with Gasteiger partial charge in [0, 0.05) is 40.8 Å². The molecule has 0 radical (unpaired) electrons. The second-order valence-corrected chi connectivity index (χ2v) is 9.38. The van der Waals surface area contributed by atoms with E-state index in [0.717, 1.165) is 15.3 Å². The monoisotopic (exact) mass is 431 g/mol. The maximum absolute atomic E-state index is 13.8. The standard InChI is InChI=1S/C19H14FN3O4S2/c20-14-2-3-16-15(7-14)12(1-5-18(24)25)10-23(16)29(26,27)19-6-4-17(28-19)13-8-21-11-22-9-13/h2-4,6-11H,1,5H2,(H,24,25). The van der Waals surface area contributed by atoms with Crippen LogP contribution in [0, 0.1) is 5.82 Å². The normalized spacial score (nSPS) is 11.8. The van der Waals surface area contributed by atoms with Gasteiger partial charge in [0.25, 0.3) is 10.0 Å². The van der Waals surface area contributed by atoms with Gasteiger partial charge in [-0.15, -0.1) is 11.3 Å². The summed E-state index contributed by atoms with van der Waals surface area (Å²) in [6.45, 7) is 0. The molecule has 7 nitrogen and oxygen atoms in total. The molecule has 3 heterocycles. The Morgan fingerprint density at radius 2 is 1.93 bits per heavy atom. The molecule has 10 heteroatoms. The minimum atomic E-state index is -3.96. The number of nitrogens with zero attached hydrogens (tertiary/aromatic N) is 3. The van der Waals surface area contributed by atoms with E-state index in [2.05, 4.69) is 9.97 Å². The van der Waals surface area contributed by atoms with E-state index in [4.69, 9.17) is 5.11 Å². The zero-order valence-corrected chi connectivity index (χ0v) is 16.5. The third-order valence-corrected chi connectivity index (χ3v) is 7.64. The van der Waals surface area contributed by atoms with Gasteiger partial charge in [0.15, 0.2) is 0 Å². The molecular weight excluding hydrogens is 417 g/mol. The van der Waals surface area contributed by atoms with E-state index in [0.29, 0.717) is 26.9 Å². The van der Waals surface area contributed by atoms with Crippen LogP contribution in [0.2, 0.25) is 0 Å². The number of aliphatic carboxylic acids is 1. The van der Waals surface area contributed by atoms with Gasteiger partial charge in [0.1, 0.15) is 16.4 Å². The number of aryl methyl sites for hydroxylation is 1. The Hall–Kier alpha value is -3.11. The van der Waals surface area contributed by atoms with Crippen LogP contribution in [0.4, 0.5) is 4.39 Å². The fraction of sp³-hybridized carbons (Fsp3) is 0.105. The number of halogens is 1. The van der Waals surface area contributed by atoms with Crippen LogP contribution in [0.15, 0.2) is 59.5 Å². The zero-order valence-electron chi connectivity index (χ0n) is 14.8. The van der Waals surface area contributed by atoms with Crippen LogP contribution >= 0.6 is 11.3 Å². The molecule has 0 amide bonds. The molecule has 29 heavy (non-hydrogen) atoms. The molecule has 0 spiro atoms. The van der Waals surface area contributed by atoms with Gasteiger partial charge in [-0.25, -0.2) is 18.3 Å². The molecule has 0 aliphatic carbocycles. The van der Waals surface area contributed by atoms with Crippen molar-refractivity contribution < 1.29 is 22.7 Å².